The Hall–Kier alpha value is -0.350. The fourth-order valence-corrected chi connectivity index (χ4v) is 2.70. The Balaban J connectivity index is 2.08. The molecule has 0 amide bonds. The summed E-state index contributed by atoms with van der Waals surface area (Å²) in [4.78, 5) is 6.65. The normalized spacial score (nSPS) is 25.4. The Morgan fingerprint density at radius 1 is 1.47 bits per heavy atom. The van der Waals surface area contributed by atoms with Crippen molar-refractivity contribution in [3.63, 3.8) is 0 Å². The fraction of sp³-hybridized carbons (Fsp3) is 0.583. The van der Waals surface area contributed by atoms with Crippen LogP contribution in [0.2, 0.25) is 10.2 Å². The third-order valence-electron chi connectivity index (χ3n) is 3.36. The SMILES string of the molecule is CC1CC(CN)CN1Cc1nc(Cl)ccc1Cl. The molecule has 2 N–H and O–H groups in total. The fourth-order valence-electron chi connectivity index (χ4n) is 2.37. The van der Waals surface area contributed by atoms with Crippen molar-refractivity contribution < 1.29 is 0 Å². The number of nitrogens with zero attached hydrogens (tertiary/aromatic N) is 2. The predicted molar refractivity (Wildman–Crippen MR) is 71.3 cm³/mol. The van der Waals surface area contributed by atoms with E-state index in [2.05, 4.69) is 16.8 Å². The monoisotopic (exact) mass is 273 g/mol. The van der Waals surface area contributed by atoms with Gasteiger partial charge in [-0.3, -0.25) is 4.90 Å². The largest absolute Gasteiger partial charge is 0.330 e. The second-order valence-corrected chi connectivity index (χ2v) is 5.47. The van der Waals surface area contributed by atoms with Gasteiger partial charge in [0.05, 0.1) is 10.7 Å². The van der Waals surface area contributed by atoms with Crippen LogP contribution in [0.4, 0.5) is 0 Å². The van der Waals surface area contributed by atoms with Gasteiger partial charge in [0.25, 0.3) is 0 Å². The number of hydrogen-bond donors (Lipinski definition) is 1. The first-order valence-electron chi connectivity index (χ1n) is 5.85. The molecule has 0 aromatic carbocycles. The summed E-state index contributed by atoms with van der Waals surface area (Å²) >= 11 is 12.0. The number of nitrogens with two attached hydrogens (primary N) is 1. The Kier molecular flexibility index (Phi) is 4.26. The smallest absolute Gasteiger partial charge is 0.129 e. The van der Waals surface area contributed by atoms with Crippen molar-refractivity contribution in [2.45, 2.75) is 25.9 Å². The summed E-state index contributed by atoms with van der Waals surface area (Å²) in [5.41, 5.74) is 6.57. The molecular weight excluding hydrogens is 257 g/mol. The van der Waals surface area contributed by atoms with E-state index in [1.807, 2.05) is 0 Å². The lowest BCUT2D eigenvalue weighted by Gasteiger charge is -2.21. The first-order chi connectivity index (χ1) is 8.10. The van der Waals surface area contributed by atoms with E-state index >= 15 is 0 Å². The minimum absolute atomic E-state index is 0.492. The van der Waals surface area contributed by atoms with Crippen LogP contribution in [-0.4, -0.2) is 29.0 Å². The van der Waals surface area contributed by atoms with E-state index in [1.54, 1.807) is 12.1 Å². The zero-order valence-electron chi connectivity index (χ0n) is 9.87. The van der Waals surface area contributed by atoms with E-state index in [0.717, 1.165) is 31.7 Å². The third-order valence-corrected chi connectivity index (χ3v) is 3.92. The molecule has 2 atom stereocenters. The molecule has 2 unspecified atom stereocenters. The van der Waals surface area contributed by atoms with E-state index in [9.17, 15) is 0 Å². The summed E-state index contributed by atoms with van der Waals surface area (Å²) < 4.78 is 0. The molecule has 0 aliphatic carbocycles. The first-order valence-corrected chi connectivity index (χ1v) is 6.60. The van der Waals surface area contributed by atoms with Gasteiger partial charge in [0.2, 0.25) is 0 Å². The van der Waals surface area contributed by atoms with Gasteiger partial charge in [0.1, 0.15) is 5.15 Å². The lowest BCUT2D eigenvalue weighted by molar-refractivity contribution is 0.253. The summed E-state index contributed by atoms with van der Waals surface area (Å²) in [7, 11) is 0. The Labute approximate surface area is 112 Å². The van der Waals surface area contributed by atoms with Crippen LogP contribution in [0, 0.1) is 5.92 Å². The Morgan fingerprint density at radius 2 is 2.24 bits per heavy atom. The summed E-state index contributed by atoms with van der Waals surface area (Å²) in [6.45, 7) is 4.73. The molecule has 2 rings (SSSR count). The molecule has 3 nitrogen and oxygen atoms in total. The molecule has 1 aliphatic rings. The molecule has 17 heavy (non-hydrogen) atoms. The van der Waals surface area contributed by atoms with E-state index in [4.69, 9.17) is 28.9 Å². The summed E-state index contributed by atoms with van der Waals surface area (Å²) in [5, 5.41) is 1.17. The highest BCUT2D eigenvalue weighted by molar-refractivity contribution is 6.32. The molecule has 0 saturated carbocycles. The molecule has 2 heterocycles. The molecule has 0 radical (unpaired) electrons. The van der Waals surface area contributed by atoms with Crippen molar-refractivity contribution in [3.05, 3.63) is 28.0 Å². The lowest BCUT2D eigenvalue weighted by Crippen LogP contribution is -2.28. The van der Waals surface area contributed by atoms with Gasteiger partial charge >= 0.3 is 0 Å². The molecule has 1 fully saturated rings. The molecule has 1 aromatic heterocycles. The van der Waals surface area contributed by atoms with E-state index < -0.39 is 0 Å². The molecular formula is C12H17Cl2N3. The Morgan fingerprint density at radius 3 is 2.88 bits per heavy atom. The van der Waals surface area contributed by atoms with Crippen molar-refractivity contribution >= 4 is 23.2 Å². The van der Waals surface area contributed by atoms with Crippen molar-refractivity contribution in [3.8, 4) is 0 Å². The summed E-state index contributed by atoms with van der Waals surface area (Å²) in [6.07, 6.45) is 1.15. The van der Waals surface area contributed by atoms with E-state index in [0.29, 0.717) is 22.1 Å². The number of halogens is 2. The van der Waals surface area contributed by atoms with Crippen molar-refractivity contribution in [1.82, 2.24) is 9.88 Å². The molecule has 94 valence electrons. The molecule has 1 aromatic rings. The number of aromatic nitrogens is 1. The zero-order chi connectivity index (χ0) is 12.4. The van der Waals surface area contributed by atoms with Gasteiger partial charge in [-0.05, 0) is 37.9 Å². The van der Waals surface area contributed by atoms with Gasteiger partial charge in [0.15, 0.2) is 0 Å². The zero-order valence-corrected chi connectivity index (χ0v) is 11.4. The Bertz CT molecular complexity index is 397. The van der Waals surface area contributed by atoms with Crippen LogP contribution < -0.4 is 5.73 Å². The van der Waals surface area contributed by atoms with Gasteiger partial charge in [-0.15, -0.1) is 0 Å². The lowest BCUT2D eigenvalue weighted by atomic mass is 10.1. The van der Waals surface area contributed by atoms with Gasteiger partial charge in [0, 0.05) is 19.1 Å². The molecule has 1 saturated heterocycles. The van der Waals surface area contributed by atoms with Crippen LogP contribution in [0.3, 0.4) is 0 Å². The van der Waals surface area contributed by atoms with Gasteiger partial charge in [-0.2, -0.15) is 0 Å². The number of likely N-dealkylation sites (tertiary alicyclic amines) is 1. The number of pyridine rings is 1. The summed E-state index contributed by atoms with van der Waals surface area (Å²) in [6, 6.07) is 4.04. The van der Waals surface area contributed by atoms with E-state index in [-0.39, 0.29) is 0 Å². The van der Waals surface area contributed by atoms with E-state index in [1.165, 1.54) is 0 Å². The molecule has 5 heteroatoms. The quantitative estimate of drug-likeness (QED) is 0.861. The van der Waals surface area contributed by atoms with Crippen molar-refractivity contribution in [1.29, 1.82) is 0 Å². The third kappa shape index (κ3) is 3.10. The second kappa shape index (κ2) is 5.53. The van der Waals surface area contributed by atoms with Crippen LogP contribution in [0.25, 0.3) is 0 Å². The minimum Gasteiger partial charge on any atom is -0.330 e. The van der Waals surface area contributed by atoms with Crippen LogP contribution in [0.5, 0.6) is 0 Å². The topological polar surface area (TPSA) is 42.1 Å². The average Bonchev–Trinajstić information content (AvgIpc) is 2.65. The minimum atomic E-state index is 0.492. The number of rotatable bonds is 3. The van der Waals surface area contributed by atoms with Crippen LogP contribution in [0.1, 0.15) is 19.0 Å². The predicted octanol–water partition coefficient (Wildman–Crippen LogP) is 2.56. The second-order valence-electron chi connectivity index (χ2n) is 4.68. The molecule has 0 spiro atoms. The maximum absolute atomic E-state index is 6.12. The van der Waals surface area contributed by atoms with Gasteiger partial charge in [-0.25, -0.2) is 4.98 Å². The number of hydrogen-bond acceptors (Lipinski definition) is 3. The maximum Gasteiger partial charge on any atom is 0.129 e. The average molecular weight is 274 g/mol. The van der Waals surface area contributed by atoms with Crippen LogP contribution in [-0.2, 0) is 6.54 Å². The highest BCUT2D eigenvalue weighted by Crippen LogP contribution is 2.26. The van der Waals surface area contributed by atoms with Crippen molar-refractivity contribution in [2.75, 3.05) is 13.1 Å². The van der Waals surface area contributed by atoms with Crippen LogP contribution in [0.15, 0.2) is 12.1 Å². The van der Waals surface area contributed by atoms with Crippen LogP contribution >= 0.6 is 23.2 Å². The summed E-state index contributed by atoms with van der Waals surface area (Å²) in [5.74, 6) is 0.586. The van der Waals surface area contributed by atoms with Crippen molar-refractivity contribution in [2.24, 2.45) is 11.7 Å². The molecule has 0 bridgehead atoms. The molecule has 1 aliphatic heterocycles. The highest BCUT2D eigenvalue weighted by Gasteiger charge is 2.28. The first kappa shape index (κ1) is 13.1. The van der Waals surface area contributed by atoms with Gasteiger partial charge in [-0.1, -0.05) is 23.2 Å². The standard InChI is InChI=1S/C12H17Cl2N3/c1-8-4-9(5-15)6-17(8)7-11-10(13)2-3-12(14)16-11/h2-3,8-9H,4-7,15H2,1H3. The maximum atomic E-state index is 6.12. The van der Waals surface area contributed by atoms with Gasteiger partial charge < -0.3 is 5.73 Å². The highest BCUT2D eigenvalue weighted by atomic mass is 35.5.